The molecule has 0 amide bonds. The lowest BCUT2D eigenvalue weighted by Crippen LogP contribution is -2.35. The summed E-state index contributed by atoms with van der Waals surface area (Å²) in [6, 6.07) is 1.97. The smallest absolute Gasteiger partial charge is 0.151 e. The van der Waals surface area contributed by atoms with Crippen molar-refractivity contribution in [3.05, 3.63) is 18.6 Å². The number of hydrogen-bond donors (Lipinski definition) is 1. The van der Waals surface area contributed by atoms with E-state index in [0.29, 0.717) is 5.82 Å². The molecule has 0 saturated heterocycles. The quantitative estimate of drug-likeness (QED) is 0.780. The molecule has 0 aliphatic rings. The Hall–Kier alpha value is -1.65. The lowest BCUT2D eigenvalue weighted by atomic mass is 10.5. The number of hydrogen-bond acceptors (Lipinski definition) is 3. The van der Waals surface area contributed by atoms with E-state index >= 15 is 0 Å². The SMILES string of the molecule is CCN(CC)n1ccc2c(N)ncn21. The first-order valence-electron chi connectivity index (χ1n) is 4.83. The molecule has 0 aliphatic heterocycles. The van der Waals surface area contributed by atoms with Crippen LogP contribution < -0.4 is 10.7 Å². The molecule has 14 heavy (non-hydrogen) atoms. The summed E-state index contributed by atoms with van der Waals surface area (Å²) in [5, 5.41) is 2.19. The number of fused-ring (bicyclic) bond motifs is 1. The number of imidazole rings is 1. The normalized spacial score (nSPS) is 11.0. The van der Waals surface area contributed by atoms with Crippen molar-refractivity contribution in [2.45, 2.75) is 13.8 Å². The molecule has 2 rings (SSSR count). The third-order valence-electron chi connectivity index (χ3n) is 2.42. The summed E-state index contributed by atoms with van der Waals surface area (Å²) >= 11 is 0. The highest BCUT2D eigenvalue weighted by molar-refractivity contribution is 5.64. The molecule has 0 atom stereocenters. The minimum Gasteiger partial charge on any atom is -0.382 e. The van der Waals surface area contributed by atoms with Crippen LogP contribution in [-0.2, 0) is 0 Å². The average Bonchev–Trinajstić information content (AvgIpc) is 2.74. The standard InChI is InChI=1S/C9H15N5/c1-3-12(4-2)14-6-5-8-9(10)11-7-13(8)14/h5-7H,3-4,10H2,1-2H3. The second-order valence-electron chi connectivity index (χ2n) is 3.13. The Kier molecular flexibility index (Phi) is 2.07. The minimum absolute atomic E-state index is 0.580. The summed E-state index contributed by atoms with van der Waals surface area (Å²) in [4.78, 5) is 6.09. The molecular formula is C9H15N5. The molecule has 0 aromatic carbocycles. The number of nitrogens with zero attached hydrogens (tertiary/aromatic N) is 4. The third kappa shape index (κ3) is 1.13. The van der Waals surface area contributed by atoms with Gasteiger partial charge in [0.15, 0.2) is 5.82 Å². The summed E-state index contributed by atoms with van der Waals surface area (Å²) in [6.45, 7) is 6.15. The third-order valence-corrected chi connectivity index (χ3v) is 2.42. The second kappa shape index (κ2) is 3.25. The molecule has 2 N–H and O–H groups in total. The van der Waals surface area contributed by atoms with Gasteiger partial charge in [-0.2, -0.15) is 4.79 Å². The van der Waals surface area contributed by atoms with Crippen molar-refractivity contribution in [1.29, 1.82) is 0 Å². The van der Waals surface area contributed by atoms with Crippen molar-refractivity contribution >= 4 is 11.3 Å². The molecule has 0 radical (unpaired) electrons. The molecule has 76 valence electrons. The van der Waals surface area contributed by atoms with E-state index in [2.05, 4.69) is 23.8 Å². The Morgan fingerprint density at radius 1 is 1.43 bits per heavy atom. The highest BCUT2D eigenvalue weighted by Crippen LogP contribution is 2.11. The van der Waals surface area contributed by atoms with Gasteiger partial charge >= 0.3 is 0 Å². The van der Waals surface area contributed by atoms with Gasteiger partial charge in [-0.3, -0.25) is 5.01 Å². The first kappa shape index (κ1) is 8.93. The van der Waals surface area contributed by atoms with Gasteiger partial charge in [0.2, 0.25) is 0 Å². The van der Waals surface area contributed by atoms with Gasteiger partial charge in [-0.15, -0.1) is 0 Å². The molecule has 2 aromatic heterocycles. The lowest BCUT2D eigenvalue weighted by molar-refractivity contribution is 0.529. The molecule has 0 aliphatic carbocycles. The predicted octanol–water partition coefficient (Wildman–Crippen LogP) is 0.696. The van der Waals surface area contributed by atoms with Gasteiger partial charge in [-0.25, -0.2) is 9.50 Å². The van der Waals surface area contributed by atoms with Crippen molar-refractivity contribution in [3.8, 4) is 0 Å². The van der Waals surface area contributed by atoms with Gasteiger partial charge in [0.25, 0.3) is 0 Å². The summed E-state index contributed by atoms with van der Waals surface area (Å²) in [5.74, 6) is 0.580. The Labute approximate surface area is 82.7 Å². The van der Waals surface area contributed by atoms with Gasteiger partial charge in [-0.1, -0.05) is 0 Å². The summed E-state index contributed by atoms with van der Waals surface area (Å²) in [7, 11) is 0. The van der Waals surface area contributed by atoms with E-state index in [0.717, 1.165) is 18.6 Å². The van der Waals surface area contributed by atoms with E-state index in [1.807, 2.05) is 21.6 Å². The number of anilines is 1. The monoisotopic (exact) mass is 193 g/mol. The van der Waals surface area contributed by atoms with E-state index in [1.165, 1.54) is 0 Å². The van der Waals surface area contributed by atoms with Crippen LogP contribution in [-0.4, -0.2) is 27.4 Å². The van der Waals surface area contributed by atoms with Crippen molar-refractivity contribution in [1.82, 2.24) is 14.3 Å². The first-order chi connectivity index (χ1) is 6.77. The zero-order valence-electron chi connectivity index (χ0n) is 8.51. The fraction of sp³-hybridized carbons (Fsp3) is 0.444. The number of nitrogen functional groups attached to an aromatic ring is 1. The Balaban J connectivity index is 2.51. The van der Waals surface area contributed by atoms with Gasteiger partial charge in [0.1, 0.15) is 11.8 Å². The van der Waals surface area contributed by atoms with E-state index in [-0.39, 0.29) is 0 Å². The Morgan fingerprint density at radius 2 is 2.14 bits per heavy atom. The van der Waals surface area contributed by atoms with Crippen LogP contribution in [0.1, 0.15) is 13.8 Å². The van der Waals surface area contributed by atoms with Gasteiger partial charge < -0.3 is 5.73 Å². The number of nitrogens with two attached hydrogens (primary N) is 1. The molecule has 5 heteroatoms. The molecule has 0 bridgehead atoms. The van der Waals surface area contributed by atoms with Crippen LogP contribution in [0.4, 0.5) is 5.82 Å². The topological polar surface area (TPSA) is 51.5 Å². The van der Waals surface area contributed by atoms with E-state index < -0.39 is 0 Å². The van der Waals surface area contributed by atoms with Crippen LogP contribution in [0.15, 0.2) is 18.6 Å². The summed E-state index contributed by atoms with van der Waals surface area (Å²) < 4.78 is 1.95. The van der Waals surface area contributed by atoms with Gasteiger partial charge in [0, 0.05) is 19.3 Å². The average molecular weight is 193 g/mol. The summed E-state index contributed by atoms with van der Waals surface area (Å²) in [5.41, 5.74) is 6.66. The maximum absolute atomic E-state index is 5.71. The zero-order chi connectivity index (χ0) is 10.1. The maximum atomic E-state index is 5.71. The van der Waals surface area contributed by atoms with E-state index in [1.54, 1.807) is 6.33 Å². The summed E-state index contributed by atoms with van der Waals surface area (Å²) in [6.07, 6.45) is 3.74. The zero-order valence-corrected chi connectivity index (χ0v) is 8.51. The van der Waals surface area contributed by atoms with Crippen LogP contribution in [0.3, 0.4) is 0 Å². The lowest BCUT2D eigenvalue weighted by Gasteiger charge is -2.22. The van der Waals surface area contributed by atoms with Crippen molar-refractivity contribution in [3.63, 3.8) is 0 Å². The van der Waals surface area contributed by atoms with Gasteiger partial charge in [0.05, 0.1) is 0 Å². The number of aromatic nitrogens is 3. The molecule has 0 saturated carbocycles. The van der Waals surface area contributed by atoms with Crippen molar-refractivity contribution < 1.29 is 0 Å². The molecule has 2 heterocycles. The number of rotatable bonds is 3. The Bertz CT molecular complexity index is 423. The van der Waals surface area contributed by atoms with Crippen molar-refractivity contribution in [2.24, 2.45) is 0 Å². The van der Waals surface area contributed by atoms with Gasteiger partial charge in [-0.05, 0) is 19.9 Å². The first-order valence-corrected chi connectivity index (χ1v) is 4.83. The highest BCUT2D eigenvalue weighted by atomic mass is 15.7. The van der Waals surface area contributed by atoms with Crippen LogP contribution in [0.2, 0.25) is 0 Å². The molecule has 0 fully saturated rings. The second-order valence-corrected chi connectivity index (χ2v) is 3.13. The molecule has 2 aromatic rings. The fourth-order valence-electron chi connectivity index (χ4n) is 1.64. The molecular weight excluding hydrogens is 178 g/mol. The van der Waals surface area contributed by atoms with Crippen molar-refractivity contribution in [2.75, 3.05) is 23.8 Å². The minimum atomic E-state index is 0.580. The fourth-order valence-corrected chi connectivity index (χ4v) is 1.64. The predicted molar refractivity (Wildman–Crippen MR) is 56.9 cm³/mol. The Morgan fingerprint density at radius 3 is 2.79 bits per heavy atom. The molecule has 5 nitrogen and oxygen atoms in total. The largest absolute Gasteiger partial charge is 0.382 e. The van der Waals surface area contributed by atoms with Crippen LogP contribution in [0, 0.1) is 0 Å². The van der Waals surface area contributed by atoms with Crippen LogP contribution in [0.25, 0.3) is 5.52 Å². The van der Waals surface area contributed by atoms with Crippen LogP contribution in [0.5, 0.6) is 0 Å². The highest BCUT2D eigenvalue weighted by Gasteiger charge is 2.07. The van der Waals surface area contributed by atoms with E-state index in [4.69, 9.17) is 5.73 Å². The molecule has 0 spiro atoms. The van der Waals surface area contributed by atoms with Crippen LogP contribution >= 0.6 is 0 Å². The molecule has 0 unspecified atom stereocenters. The maximum Gasteiger partial charge on any atom is 0.151 e. The van der Waals surface area contributed by atoms with E-state index in [9.17, 15) is 0 Å².